The maximum atomic E-state index is 12.9. The van der Waals surface area contributed by atoms with Crippen molar-refractivity contribution in [1.29, 1.82) is 0 Å². The van der Waals surface area contributed by atoms with Gasteiger partial charge in [0.25, 0.3) is 5.91 Å². The van der Waals surface area contributed by atoms with Crippen molar-refractivity contribution in [2.75, 3.05) is 0 Å². The number of amides is 1. The number of carbonyl (C=O) groups excluding carboxylic acids is 1. The van der Waals surface area contributed by atoms with Gasteiger partial charge in [0.1, 0.15) is 5.52 Å². The number of hydrogen-bond acceptors (Lipinski definition) is 5. The Balaban J connectivity index is 1.62. The van der Waals surface area contributed by atoms with Crippen LogP contribution in [0.25, 0.3) is 22.4 Å². The topological polar surface area (TPSA) is 105 Å². The summed E-state index contributed by atoms with van der Waals surface area (Å²) in [6, 6.07) is 16.1. The number of H-pyrrole nitrogens is 1. The lowest BCUT2D eigenvalue weighted by Crippen LogP contribution is -2.26. The molecule has 2 N–H and O–H groups in total. The highest BCUT2D eigenvalue weighted by Crippen LogP contribution is 2.24. The highest BCUT2D eigenvalue weighted by atomic mass is 32.2. The Labute approximate surface area is 186 Å². The van der Waals surface area contributed by atoms with E-state index in [1.807, 2.05) is 37.3 Å². The molecule has 4 aromatic rings. The zero-order valence-electron chi connectivity index (χ0n) is 18.0. The minimum atomic E-state index is -3.35. The predicted octanol–water partition coefficient (Wildman–Crippen LogP) is 4.30. The van der Waals surface area contributed by atoms with Crippen molar-refractivity contribution in [3.63, 3.8) is 0 Å². The number of hydrogen-bond donors (Lipinski definition) is 2. The lowest BCUT2D eigenvalue weighted by atomic mass is 10.1. The van der Waals surface area contributed by atoms with Gasteiger partial charge >= 0.3 is 0 Å². The summed E-state index contributed by atoms with van der Waals surface area (Å²) in [5, 5.41) is 2.49. The Kier molecular flexibility index (Phi) is 5.80. The number of sulfone groups is 1. The van der Waals surface area contributed by atoms with E-state index in [9.17, 15) is 13.2 Å². The monoisotopic (exact) mass is 448 g/mol. The maximum Gasteiger partial charge on any atom is 0.255 e. The SMILES string of the molecule is CC(C)S(=O)(=O)c1ccc(-c2cnc3[nH]cc(C(=O)N[C@@H](C)c4ccccc4)c3n2)cc1. The molecule has 0 saturated heterocycles. The minimum Gasteiger partial charge on any atom is -0.345 e. The number of nitrogens with zero attached hydrogens (tertiary/aromatic N) is 2. The van der Waals surface area contributed by atoms with Gasteiger partial charge in [-0.25, -0.2) is 18.4 Å². The molecule has 32 heavy (non-hydrogen) atoms. The molecule has 0 aliphatic rings. The Hall–Kier alpha value is -3.52. The van der Waals surface area contributed by atoms with Gasteiger partial charge in [0.05, 0.1) is 33.6 Å². The Morgan fingerprint density at radius 2 is 1.69 bits per heavy atom. The molecular weight excluding hydrogens is 424 g/mol. The quantitative estimate of drug-likeness (QED) is 0.458. The Bertz CT molecular complexity index is 1360. The van der Waals surface area contributed by atoms with Crippen molar-refractivity contribution in [3.8, 4) is 11.3 Å². The van der Waals surface area contributed by atoms with Gasteiger partial charge in [0.15, 0.2) is 15.5 Å². The van der Waals surface area contributed by atoms with Crippen molar-refractivity contribution in [2.24, 2.45) is 0 Å². The van der Waals surface area contributed by atoms with Crippen LogP contribution in [0.4, 0.5) is 0 Å². The van der Waals surface area contributed by atoms with Crippen LogP contribution in [0.5, 0.6) is 0 Å². The summed E-state index contributed by atoms with van der Waals surface area (Å²) in [6.45, 7) is 5.23. The van der Waals surface area contributed by atoms with Gasteiger partial charge in [-0.2, -0.15) is 0 Å². The molecule has 4 rings (SSSR count). The maximum absolute atomic E-state index is 12.9. The van der Waals surface area contributed by atoms with Gasteiger partial charge in [-0.15, -0.1) is 0 Å². The first-order chi connectivity index (χ1) is 15.3. The number of rotatable bonds is 6. The lowest BCUT2D eigenvalue weighted by molar-refractivity contribution is 0.0941. The van der Waals surface area contributed by atoms with Crippen LogP contribution in [0.2, 0.25) is 0 Å². The average molecular weight is 449 g/mol. The fourth-order valence-corrected chi connectivity index (χ4v) is 4.45. The van der Waals surface area contributed by atoms with Gasteiger partial charge < -0.3 is 10.3 Å². The van der Waals surface area contributed by atoms with E-state index in [4.69, 9.17) is 0 Å². The summed E-state index contributed by atoms with van der Waals surface area (Å²) < 4.78 is 24.7. The van der Waals surface area contributed by atoms with Crippen LogP contribution in [-0.2, 0) is 9.84 Å². The van der Waals surface area contributed by atoms with Crippen molar-refractivity contribution >= 4 is 26.9 Å². The molecule has 0 fully saturated rings. The molecule has 7 nitrogen and oxygen atoms in total. The Morgan fingerprint density at radius 1 is 1.00 bits per heavy atom. The van der Waals surface area contributed by atoms with Gasteiger partial charge in [0, 0.05) is 11.8 Å². The number of benzene rings is 2. The summed E-state index contributed by atoms with van der Waals surface area (Å²) in [6.07, 6.45) is 3.19. The van der Waals surface area contributed by atoms with E-state index in [0.717, 1.165) is 5.56 Å². The lowest BCUT2D eigenvalue weighted by Gasteiger charge is -2.13. The summed E-state index contributed by atoms with van der Waals surface area (Å²) in [4.78, 5) is 25.2. The van der Waals surface area contributed by atoms with Gasteiger partial charge in [-0.1, -0.05) is 42.5 Å². The van der Waals surface area contributed by atoms with Gasteiger partial charge in [-0.05, 0) is 38.5 Å². The first-order valence-corrected chi connectivity index (χ1v) is 11.9. The Morgan fingerprint density at radius 3 is 2.34 bits per heavy atom. The summed E-state index contributed by atoms with van der Waals surface area (Å²) in [7, 11) is -3.35. The smallest absolute Gasteiger partial charge is 0.255 e. The second-order valence-electron chi connectivity index (χ2n) is 7.88. The second-order valence-corrected chi connectivity index (χ2v) is 10.4. The molecule has 0 saturated carbocycles. The van der Waals surface area contributed by atoms with E-state index in [1.54, 1.807) is 50.5 Å². The van der Waals surface area contributed by atoms with Crippen LogP contribution in [0.1, 0.15) is 42.7 Å². The van der Waals surface area contributed by atoms with Crippen LogP contribution in [0.3, 0.4) is 0 Å². The molecule has 0 aliphatic carbocycles. The largest absolute Gasteiger partial charge is 0.345 e. The molecule has 0 spiro atoms. The molecule has 2 heterocycles. The third kappa shape index (κ3) is 4.13. The normalized spacial score (nSPS) is 12.8. The fraction of sp³-hybridized carbons (Fsp3) is 0.208. The minimum absolute atomic E-state index is 0.166. The molecule has 1 amide bonds. The summed E-state index contributed by atoms with van der Waals surface area (Å²) in [5.74, 6) is -0.252. The number of carbonyl (C=O) groups is 1. The van der Waals surface area contributed by atoms with E-state index in [2.05, 4.69) is 20.3 Å². The molecule has 0 bridgehead atoms. The molecule has 164 valence electrons. The van der Waals surface area contributed by atoms with Crippen LogP contribution in [0.15, 0.2) is 71.9 Å². The molecule has 0 radical (unpaired) electrons. The van der Waals surface area contributed by atoms with Crippen molar-refractivity contribution in [3.05, 3.63) is 78.1 Å². The predicted molar refractivity (Wildman–Crippen MR) is 124 cm³/mol. The van der Waals surface area contributed by atoms with Gasteiger partial charge in [0.2, 0.25) is 0 Å². The van der Waals surface area contributed by atoms with Crippen LogP contribution >= 0.6 is 0 Å². The third-order valence-corrected chi connectivity index (χ3v) is 7.54. The molecule has 8 heteroatoms. The first-order valence-electron chi connectivity index (χ1n) is 10.3. The highest BCUT2D eigenvalue weighted by Gasteiger charge is 2.20. The average Bonchev–Trinajstić information content (AvgIpc) is 3.23. The highest BCUT2D eigenvalue weighted by molar-refractivity contribution is 7.92. The van der Waals surface area contributed by atoms with Crippen LogP contribution in [-0.4, -0.2) is 34.5 Å². The molecule has 1 atom stereocenters. The van der Waals surface area contributed by atoms with Crippen LogP contribution < -0.4 is 5.32 Å². The number of aromatic amines is 1. The standard InChI is InChI=1S/C24H24N4O3S/c1-15(2)32(30,31)19-11-9-18(10-12-19)21-14-26-23-22(28-21)20(13-25-23)24(29)27-16(3)17-7-5-4-6-8-17/h4-16H,1-3H3,(H,25,26)(H,27,29)/t16-/m0/s1. The molecule has 2 aromatic carbocycles. The van der Waals surface area contributed by atoms with E-state index in [1.165, 1.54) is 0 Å². The van der Waals surface area contributed by atoms with Crippen molar-refractivity contribution in [2.45, 2.75) is 37.0 Å². The fourth-order valence-electron chi connectivity index (χ4n) is 3.39. The summed E-state index contributed by atoms with van der Waals surface area (Å²) in [5.41, 5.74) is 3.63. The number of fused-ring (bicyclic) bond motifs is 1. The molecular formula is C24H24N4O3S. The van der Waals surface area contributed by atoms with Crippen molar-refractivity contribution < 1.29 is 13.2 Å². The molecule has 2 aromatic heterocycles. The van der Waals surface area contributed by atoms with E-state index in [-0.39, 0.29) is 16.8 Å². The molecule has 0 unspecified atom stereocenters. The second kappa shape index (κ2) is 8.55. The van der Waals surface area contributed by atoms with E-state index in [0.29, 0.717) is 28.0 Å². The van der Waals surface area contributed by atoms with E-state index < -0.39 is 15.1 Å². The van der Waals surface area contributed by atoms with Crippen LogP contribution in [0, 0.1) is 0 Å². The first kappa shape index (κ1) is 21.7. The zero-order valence-corrected chi connectivity index (χ0v) is 18.8. The number of aromatic nitrogens is 3. The number of nitrogens with one attached hydrogen (secondary N) is 2. The molecule has 0 aliphatic heterocycles. The third-order valence-electron chi connectivity index (χ3n) is 5.37. The van der Waals surface area contributed by atoms with Gasteiger partial charge in [-0.3, -0.25) is 4.79 Å². The zero-order chi connectivity index (χ0) is 22.9. The van der Waals surface area contributed by atoms with Crippen molar-refractivity contribution in [1.82, 2.24) is 20.3 Å². The summed E-state index contributed by atoms with van der Waals surface area (Å²) >= 11 is 0. The van der Waals surface area contributed by atoms with E-state index >= 15 is 0 Å².